The lowest BCUT2D eigenvalue weighted by atomic mass is 9.45. The van der Waals surface area contributed by atoms with E-state index in [4.69, 9.17) is 4.74 Å². The number of carbonyl (C=O) groups is 3. The Labute approximate surface area is 217 Å². The number of cyclic esters (lactones) is 1. The topological polar surface area (TPSA) is 141 Å². The molecule has 0 aromatic heterocycles. The summed E-state index contributed by atoms with van der Waals surface area (Å²) in [6.07, 6.45) is 1.13. The van der Waals surface area contributed by atoms with Crippen LogP contribution in [0.3, 0.4) is 0 Å². The summed E-state index contributed by atoms with van der Waals surface area (Å²) in [4.78, 5) is 39.9. The number of ether oxygens (including phenoxy) is 1. The van der Waals surface area contributed by atoms with E-state index in [1.807, 2.05) is 6.92 Å². The van der Waals surface area contributed by atoms with Gasteiger partial charge in [0.2, 0.25) is 0 Å². The Hall–Kier alpha value is -2.13. The number of carbonyl (C=O) groups excluding carboxylic acids is 3. The lowest BCUT2D eigenvalue weighted by Gasteiger charge is -2.59. The van der Waals surface area contributed by atoms with Crippen molar-refractivity contribution in [3.8, 4) is 0 Å². The molecule has 0 radical (unpaired) electrons. The number of esters is 1. The van der Waals surface area contributed by atoms with E-state index in [9.17, 15) is 34.8 Å². The van der Waals surface area contributed by atoms with Crippen LogP contribution in [0.4, 0.5) is 0 Å². The van der Waals surface area contributed by atoms with Crippen molar-refractivity contribution >= 4 is 17.5 Å². The van der Waals surface area contributed by atoms with Crippen molar-refractivity contribution in [2.45, 2.75) is 95.7 Å². The average molecular weight is 515 g/mol. The van der Waals surface area contributed by atoms with Crippen molar-refractivity contribution in [2.75, 3.05) is 0 Å². The smallest absolute Gasteiger partial charge is 0.334 e. The third kappa shape index (κ3) is 3.32. The minimum absolute atomic E-state index is 0.0572. The minimum atomic E-state index is -1.67. The van der Waals surface area contributed by atoms with Gasteiger partial charge in [-0.05, 0) is 75.0 Å². The Balaban J connectivity index is 1.55. The number of fused-ring (bicyclic) bond motifs is 5. The molecule has 3 fully saturated rings. The van der Waals surface area contributed by atoms with Crippen molar-refractivity contribution in [2.24, 2.45) is 28.6 Å². The van der Waals surface area contributed by atoms with Gasteiger partial charge in [-0.2, -0.15) is 0 Å². The summed E-state index contributed by atoms with van der Waals surface area (Å²) in [6, 6.07) is 0. The molecule has 5 rings (SSSR count). The fourth-order valence-electron chi connectivity index (χ4n) is 8.55. The van der Waals surface area contributed by atoms with Gasteiger partial charge in [-0.15, -0.1) is 0 Å². The van der Waals surface area contributed by atoms with Gasteiger partial charge in [0.05, 0.1) is 23.2 Å². The summed E-state index contributed by atoms with van der Waals surface area (Å²) >= 11 is 0. The summed E-state index contributed by atoms with van der Waals surface area (Å²) in [6.45, 7) is 10.5. The average Bonchev–Trinajstić information content (AvgIpc) is 3.12. The van der Waals surface area contributed by atoms with Gasteiger partial charge in [0, 0.05) is 30.3 Å². The van der Waals surface area contributed by atoms with E-state index in [2.05, 4.69) is 6.58 Å². The third-order valence-electron chi connectivity index (χ3n) is 11.0. The molecular formula is C29H38O8. The number of Topliss-reactive ketones (excluding diaryl/α,β-unsaturated/α-hetero) is 1. The molecule has 0 bridgehead atoms. The van der Waals surface area contributed by atoms with E-state index in [1.54, 1.807) is 26.8 Å². The molecule has 0 aromatic carbocycles. The van der Waals surface area contributed by atoms with Crippen LogP contribution in [-0.2, 0) is 19.1 Å². The molecule has 1 heterocycles. The van der Waals surface area contributed by atoms with Gasteiger partial charge in [0.1, 0.15) is 17.5 Å². The molecule has 4 aliphatic carbocycles. The predicted octanol–water partition coefficient (Wildman–Crippen LogP) is 1.94. The number of allylic oxidation sites excluding steroid dienone is 2. The number of ketones is 2. The highest BCUT2D eigenvalue weighted by atomic mass is 16.6. The van der Waals surface area contributed by atoms with Crippen LogP contribution in [0.5, 0.6) is 0 Å². The van der Waals surface area contributed by atoms with Crippen molar-refractivity contribution < 1.29 is 39.5 Å². The Bertz CT molecular complexity index is 1150. The van der Waals surface area contributed by atoms with Crippen LogP contribution < -0.4 is 0 Å². The maximum atomic E-state index is 14.1. The fourth-order valence-corrected chi connectivity index (χ4v) is 8.55. The standard InChI is InChI=1S/C29H38O8/c1-6-15-9-24(37-25(34)14(15)2)28(5,35)22-7-8-29(36)17-10-19(30)18-11-20(31)21(32)13-26(18,3)16(17)12-23(33)27(22,29)4/h6,10,16,18,20-22,24,31-32,35-36H,1,7-9,11-13H2,2-5H3/t16-,18-,20+,21-,22-,24?,26+,27-,28?,29+/m0/s1. The van der Waals surface area contributed by atoms with Crippen LogP contribution in [-0.4, -0.2) is 67.5 Å². The zero-order chi connectivity index (χ0) is 27.3. The lowest BCUT2D eigenvalue weighted by molar-refractivity contribution is -0.192. The zero-order valence-corrected chi connectivity index (χ0v) is 22.0. The molecule has 10 atom stereocenters. The molecule has 2 unspecified atom stereocenters. The third-order valence-corrected chi connectivity index (χ3v) is 11.0. The monoisotopic (exact) mass is 514 g/mol. The summed E-state index contributed by atoms with van der Waals surface area (Å²) in [7, 11) is 0. The Morgan fingerprint density at radius 3 is 2.46 bits per heavy atom. The van der Waals surface area contributed by atoms with Crippen molar-refractivity contribution in [3.05, 3.63) is 35.5 Å². The quantitative estimate of drug-likeness (QED) is 0.419. The summed E-state index contributed by atoms with van der Waals surface area (Å²) in [5.74, 6) is -2.71. The minimum Gasteiger partial charge on any atom is -0.456 e. The molecule has 0 spiro atoms. The van der Waals surface area contributed by atoms with Crippen LogP contribution in [0, 0.1) is 28.6 Å². The van der Waals surface area contributed by atoms with Gasteiger partial charge >= 0.3 is 5.97 Å². The summed E-state index contributed by atoms with van der Waals surface area (Å²) in [5.41, 5.74) is -3.90. The highest BCUT2D eigenvalue weighted by molar-refractivity contribution is 5.98. The molecule has 0 saturated heterocycles. The first-order valence-corrected chi connectivity index (χ1v) is 13.3. The highest BCUT2D eigenvalue weighted by Gasteiger charge is 2.72. The van der Waals surface area contributed by atoms with Crippen molar-refractivity contribution in [3.63, 3.8) is 0 Å². The van der Waals surface area contributed by atoms with E-state index in [-0.39, 0.29) is 43.7 Å². The number of aliphatic hydroxyl groups excluding tert-OH is 2. The van der Waals surface area contributed by atoms with Crippen LogP contribution in [0.15, 0.2) is 35.5 Å². The van der Waals surface area contributed by atoms with Crippen LogP contribution in [0.2, 0.25) is 0 Å². The second-order valence-electron chi connectivity index (χ2n) is 12.6. The molecule has 202 valence electrons. The van der Waals surface area contributed by atoms with Gasteiger partial charge in [-0.25, -0.2) is 4.79 Å². The van der Waals surface area contributed by atoms with Crippen LogP contribution in [0.1, 0.15) is 66.2 Å². The first kappa shape index (κ1) is 26.5. The van der Waals surface area contributed by atoms with Crippen molar-refractivity contribution in [1.82, 2.24) is 0 Å². The Kier molecular flexibility index (Phi) is 5.86. The van der Waals surface area contributed by atoms with Gasteiger partial charge < -0.3 is 25.2 Å². The largest absolute Gasteiger partial charge is 0.456 e. The molecule has 0 amide bonds. The second-order valence-corrected chi connectivity index (χ2v) is 12.6. The molecule has 4 N–H and O–H groups in total. The first-order valence-electron chi connectivity index (χ1n) is 13.3. The van der Waals surface area contributed by atoms with Gasteiger partial charge in [-0.1, -0.05) is 19.6 Å². The first-order chi connectivity index (χ1) is 17.1. The SMILES string of the molecule is C=CC1=C(C)C(=O)OC(C(C)(O)[C@H]2CC[C@@]3(O)C4=CC(=O)[C@@H]5C[C@@H](O)[C@@H](O)C[C@]5(C)[C@H]4CC(=O)[C@]23C)C1. The Morgan fingerprint density at radius 2 is 1.81 bits per heavy atom. The molecule has 8 nitrogen and oxygen atoms in total. The van der Waals surface area contributed by atoms with E-state index in [1.165, 1.54) is 6.08 Å². The molecule has 37 heavy (non-hydrogen) atoms. The maximum absolute atomic E-state index is 14.1. The molecule has 3 saturated carbocycles. The highest BCUT2D eigenvalue weighted by Crippen LogP contribution is 2.67. The van der Waals surface area contributed by atoms with E-state index in [0.717, 1.165) is 0 Å². The number of aliphatic hydroxyl groups is 4. The summed E-state index contributed by atoms with van der Waals surface area (Å²) < 4.78 is 5.63. The van der Waals surface area contributed by atoms with Gasteiger partial charge in [-0.3, -0.25) is 9.59 Å². The molecule has 8 heteroatoms. The lowest BCUT2D eigenvalue weighted by Crippen LogP contribution is -2.66. The predicted molar refractivity (Wildman–Crippen MR) is 133 cm³/mol. The van der Waals surface area contributed by atoms with Gasteiger partial charge in [0.15, 0.2) is 5.78 Å². The molecule has 1 aliphatic heterocycles. The number of hydrogen-bond acceptors (Lipinski definition) is 8. The van der Waals surface area contributed by atoms with Crippen molar-refractivity contribution in [1.29, 1.82) is 0 Å². The maximum Gasteiger partial charge on any atom is 0.334 e. The number of hydrogen-bond donors (Lipinski definition) is 4. The second kappa shape index (κ2) is 8.18. The van der Waals surface area contributed by atoms with Crippen LogP contribution in [0.25, 0.3) is 0 Å². The Morgan fingerprint density at radius 1 is 1.14 bits per heavy atom. The molecule has 0 aromatic rings. The van der Waals surface area contributed by atoms with E-state index in [0.29, 0.717) is 23.1 Å². The fraction of sp³-hybridized carbons (Fsp3) is 0.690. The summed E-state index contributed by atoms with van der Waals surface area (Å²) in [5, 5.41) is 44.9. The normalized spacial score (nSPS) is 47.4. The molecular weight excluding hydrogens is 476 g/mol. The van der Waals surface area contributed by atoms with Crippen LogP contribution >= 0.6 is 0 Å². The van der Waals surface area contributed by atoms with E-state index < -0.39 is 64.1 Å². The zero-order valence-electron chi connectivity index (χ0n) is 22.0. The molecule has 5 aliphatic rings. The van der Waals surface area contributed by atoms with Gasteiger partial charge in [0.25, 0.3) is 0 Å². The number of rotatable bonds is 3. The van der Waals surface area contributed by atoms with E-state index >= 15 is 0 Å².